The molecule has 0 amide bonds. The summed E-state index contributed by atoms with van der Waals surface area (Å²) in [6.07, 6.45) is 41.5. The van der Waals surface area contributed by atoms with Crippen LogP contribution in [0.15, 0.2) is 0 Å². The molecular formula is C126H204O12. The van der Waals surface area contributed by atoms with E-state index in [1.54, 1.807) is 34.6 Å². The van der Waals surface area contributed by atoms with Crippen LogP contribution < -0.4 is 0 Å². The molecule has 24 aliphatic carbocycles. The van der Waals surface area contributed by atoms with Gasteiger partial charge in [-0.3, -0.25) is 28.8 Å². The second kappa shape index (κ2) is 39.3. The third-order valence-electron chi connectivity index (χ3n) is 51.1. The van der Waals surface area contributed by atoms with E-state index in [0.717, 1.165) is 236 Å². The van der Waals surface area contributed by atoms with Gasteiger partial charge >= 0.3 is 0 Å². The van der Waals surface area contributed by atoms with E-state index in [1.165, 1.54) is 58.3 Å². The summed E-state index contributed by atoms with van der Waals surface area (Å²) in [5.74, 6) is 8.79. The molecule has 0 spiro atoms. The fraction of sp³-hybridized carbons (Fsp3) is 0.952. The van der Waals surface area contributed by atoms with Gasteiger partial charge in [0.15, 0.2) is 0 Å². The maximum atomic E-state index is 12.9. The summed E-state index contributed by atoms with van der Waals surface area (Å²) in [6.45, 7) is 34.7. The lowest BCUT2D eigenvalue weighted by molar-refractivity contribution is -0.150. The maximum Gasteiger partial charge on any atom is 0.136 e. The molecule has 0 bridgehead atoms. The quantitative estimate of drug-likeness (QED) is 0.140. The number of hydrogen-bond acceptors (Lipinski definition) is 12. The van der Waals surface area contributed by atoms with Gasteiger partial charge in [-0.2, -0.15) is 0 Å². The van der Waals surface area contributed by atoms with Crippen LogP contribution in [0.2, 0.25) is 0 Å². The molecule has 0 aromatic rings. The molecule has 0 aliphatic heterocycles. The van der Waals surface area contributed by atoms with E-state index in [0.29, 0.717) is 207 Å². The summed E-state index contributed by atoms with van der Waals surface area (Å²) in [4.78, 5) is 74.1. The standard InChI is InChI=1S/C22H36O2.4C21H34O2.C20H32O2/c1-14(23)17-7-8-18-16-6-5-15-13-20(2,24)11-12-21(15,3)19(16)9-10-22(17,18)4;3*1-13(22)17-6-7-18-16-5-4-14-12-15(23)8-10-20(14,2)19(16)9-11-21(17,18)3;1-3-20(23)19-9-8-18-17-6-4-13-12-14(22)5-7-15(13)16(17)10-11-21(18,19)2;1-12(21)18-7-8-19-17-5-3-13-11-14(22)4-6-15(13)16(17)9-10-20(18,19)2/h15-19,24H,5-13H2,1-4H3;3*14-19,23H,4-12H2,1-3H3;13-19,22H,3-12H2,1-2H3;13-19,22H,3-11H2,1-2H3/t15-,16+,17?,18+,19+,20-,21+,22-;14-,15+,16-,17+,18-,19-,20-,21+;2*14-,15-,16+,17-,18+,19+,20+,21-;13-,14+,15-,16+,17+,18-,19+,21-;13-,14+,15-,16+,17+,18+,19-,20+/m101100/s1/i15D;14D,17D;14D,15D,17D;14D,15D;3D2,14D,19D;14D. The van der Waals surface area contributed by atoms with Crippen molar-refractivity contribution in [1.29, 1.82) is 0 Å². The first-order valence-corrected chi connectivity index (χ1v) is 58.6. The molecule has 24 aliphatic rings. The fourth-order valence-electron chi connectivity index (χ4n) is 44.0. The Morgan fingerprint density at radius 2 is 0.529 bits per heavy atom. The molecule has 48 atom stereocenters. The zero-order valence-corrected chi connectivity index (χ0v) is 89.8. The molecule has 24 fully saturated rings. The van der Waals surface area contributed by atoms with E-state index < -0.39 is 88.7 Å². The Labute approximate surface area is 857 Å². The van der Waals surface area contributed by atoms with Crippen LogP contribution in [0.4, 0.5) is 0 Å². The van der Waals surface area contributed by atoms with Crippen molar-refractivity contribution in [3.05, 3.63) is 0 Å². The van der Waals surface area contributed by atoms with E-state index in [2.05, 4.69) is 69.2 Å². The zero-order valence-electron chi connectivity index (χ0n) is 103. The van der Waals surface area contributed by atoms with Crippen molar-refractivity contribution < 1.29 is 77.2 Å². The van der Waals surface area contributed by atoms with Gasteiger partial charge in [-0.1, -0.05) is 76.2 Å². The maximum absolute atomic E-state index is 12.9. The van der Waals surface area contributed by atoms with Crippen molar-refractivity contribution in [3.8, 4) is 0 Å². The summed E-state index contributed by atoms with van der Waals surface area (Å²) in [5, 5.41) is 61.7. The number of hydrogen-bond donors (Lipinski definition) is 6. The lowest BCUT2D eigenvalue weighted by Crippen LogP contribution is -2.55. The Morgan fingerprint density at radius 3 is 0.920 bits per heavy atom. The minimum atomic E-state index is -1.95. The number of rotatable bonds is 7. The number of aliphatic hydroxyl groups is 6. The van der Waals surface area contributed by atoms with Crippen molar-refractivity contribution in [2.24, 2.45) is 243 Å². The number of Topliss-reactive ketones (excluding diaryl/α,β-unsaturated/α-hetero) is 6. The van der Waals surface area contributed by atoms with Crippen LogP contribution in [-0.4, -0.2) is 101 Å². The Hall–Kier alpha value is -2.22. The highest BCUT2D eigenvalue weighted by atomic mass is 16.3. The summed E-state index contributed by atoms with van der Waals surface area (Å²) in [5.41, 5.74) is -1.11. The molecule has 0 heterocycles. The molecule has 6 N–H and O–H groups in total. The van der Waals surface area contributed by atoms with Gasteiger partial charge in [-0.25, -0.2) is 0 Å². The molecule has 138 heavy (non-hydrogen) atoms. The van der Waals surface area contributed by atoms with Crippen molar-refractivity contribution >= 4 is 34.7 Å². The molecule has 12 heteroatoms. The van der Waals surface area contributed by atoms with Gasteiger partial charge in [0, 0.05) is 54.1 Å². The number of fused-ring (bicyclic) bond motifs is 30. The molecule has 0 aromatic carbocycles. The highest BCUT2D eigenvalue weighted by Gasteiger charge is 2.69. The van der Waals surface area contributed by atoms with E-state index >= 15 is 0 Å². The van der Waals surface area contributed by atoms with Crippen LogP contribution in [0.3, 0.4) is 0 Å². The number of carbonyl (C=O) groups is 6. The van der Waals surface area contributed by atoms with Crippen LogP contribution in [0, 0.1) is 243 Å². The molecule has 12 nitrogen and oxygen atoms in total. The third kappa shape index (κ3) is 17.8. The lowest BCUT2D eigenvalue weighted by Gasteiger charge is -2.61. The zero-order chi connectivity index (χ0) is 110. The molecule has 0 radical (unpaired) electrons. The highest BCUT2D eigenvalue weighted by Crippen LogP contribution is 2.75. The number of aliphatic hydroxyl groups excluding tert-OH is 1. The first-order chi connectivity index (χ1) is 69.7. The minimum absolute atomic E-state index is 0.0139. The van der Waals surface area contributed by atoms with Gasteiger partial charge in [0.25, 0.3) is 0 Å². The fourth-order valence-corrected chi connectivity index (χ4v) is 44.0. The third-order valence-corrected chi connectivity index (χ3v) is 51.1. The van der Waals surface area contributed by atoms with E-state index in [4.69, 9.17) is 16.4 Å². The molecule has 1 unspecified atom stereocenters. The Bertz CT molecular complexity index is 5020. The van der Waals surface area contributed by atoms with Gasteiger partial charge in [0.1, 0.15) is 34.7 Å². The van der Waals surface area contributed by atoms with Crippen LogP contribution >= 0.6 is 0 Å². The van der Waals surface area contributed by atoms with Crippen molar-refractivity contribution in [2.75, 3.05) is 0 Å². The number of carbonyl (C=O) groups excluding carboxylic acids is 6. The second-order valence-electron chi connectivity index (χ2n) is 56.3. The monoisotopic (exact) mass is 1920 g/mol. The SMILES string of the molecule is [2H]C([2H])(C)C(=O)[C@@]1([2H])CC[C@H]2[C@@H]3CC[C@H]4C[C@]([2H])(O)CC[C@@H]4[C@H]3CC[C@@]21C.[2H][C@@]1(O)CC[C@H]2[C@@H](CC[C@@H]3[C@@H]2CC[C@]2(C)[C@@H](C(C)=O)CC[C@@H]32)C1.[2H][C@@]1(O)CC[C@]2(C)[C@H]3CC[C@@]4(C)[C@@H](CC[C@]4([2H])C(C)=O)[C@@H]3CC[C@]2([2H])C1.[2H][C@@]1(O)CC[C@]2(C)[C@H]3CC[C@]4(C)[C@@H](C(C)=O)CC[C@H]4[C@@H]3CC[C@]2([2H])C1.[2H][C@@]12CC[C@H]3[C@@H]4CC[C@]([2H])(C(C)=O)[C@@]4(C)CC[C@@H]3[C@@]1(C)CC[C@@H](O)C2.[2H][C@]12CC[C@H]3[C@@H]4CCC(C(C)=O)[C@@]4(C)CC[C@@H]3[C@@]1(C)CC[C@@](C)(O)C2. The lowest BCUT2D eigenvalue weighted by atomic mass is 9.44. The van der Waals surface area contributed by atoms with Gasteiger partial charge in [-0.15, -0.1) is 0 Å². The topological polar surface area (TPSA) is 224 Å². The van der Waals surface area contributed by atoms with Gasteiger partial charge < -0.3 is 30.6 Å². The van der Waals surface area contributed by atoms with Crippen molar-refractivity contribution in [1.82, 2.24) is 0 Å². The van der Waals surface area contributed by atoms with Crippen LogP contribution in [-0.2, 0) is 28.8 Å². The van der Waals surface area contributed by atoms with Crippen molar-refractivity contribution in [2.45, 2.75) is 507 Å². The molecule has 24 rings (SSSR count). The van der Waals surface area contributed by atoms with E-state index in [9.17, 15) is 60.8 Å². The highest BCUT2D eigenvalue weighted by molar-refractivity contribution is 5.83. The predicted molar refractivity (Wildman–Crippen MR) is 551 cm³/mol. The molecular weight excluding hydrogens is 1710 g/mol. The van der Waals surface area contributed by atoms with Crippen molar-refractivity contribution in [3.63, 3.8) is 0 Å². The number of ketones is 6. The summed E-state index contributed by atoms with van der Waals surface area (Å²) >= 11 is 0. The second-order valence-corrected chi connectivity index (χ2v) is 56.3. The first kappa shape index (κ1) is 88.7. The molecule has 0 aromatic heterocycles. The van der Waals surface area contributed by atoms with Gasteiger partial charge in [0.2, 0.25) is 0 Å². The first-order valence-electron chi connectivity index (χ1n) is 65.1. The average molecular weight is 1920 g/mol. The molecule has 24 saturated carbocycles. The summed E-state index contributed by atoms with van der Waals surface area (Å²) in [6, 6.07) is 0. The van der Waals surface area contributed by atoms with Crippen LogP contribution in [0.1, 0.15) is 489 Å². The Balaban J connectivity index is 0.000000114. The van der Waals surface area contributed by atoms with Crippen LogP contribution in [0.5, 0.6) is 0 Å². The van der Waals surface area contributed by atoms with Crippen LogP contribution in [0.25, 0.3) is 0 Å². The van der Waals surface area contributed by atoms with Gasteiger partial charge in [-0.05, 0) is 596 Å². The molecule has 0 saturated heterocycles. The predicted octanol–water partition coefficient (Wildman–Crippen LogP) is 27.6. The molecule has 780 valence electrons. The van der Waals surface area contributed by atoms with E-state index in [-0.39, 0.29) is 84.7 Å². The Morgan fingerprint density at radius 1 is 0.246 bits per heavy atom. The summed E-state index contributed by atoms with van der Waals surface area (Å²) < 4.78 is 112. The van der Waals surface area contributed by atoms with E-state index in [1.807, 2.05) is 6.92 Å². The minimum Gasteiger partial charge on any atom is -0.393 e. The normalized spacial score (nSPS) is 62.4. The van der Waals surface area contributed by atoms with Gasteiger partial charge in [0.05, 0.1) is 41.5 Å². The average Bonchev–Trinajstić information content (AvgIpc) is 1.69. The Kier molecular flexibility index (Phi) is 25.2. The largest absolute Gasteiger partial charge is 0.393 e. The smallest absolute Gasteiger partial charge is 0.136 e. The summed E-state index contributed by atoms with van der Waals surface area (Å²) in [7, 11) is 0.